The van der Waals surface area contributed by atoms with Gasteiger partial charge >= 0.3 is 0 Å². The van der Waals surface area contributed by atoms with Gasteiger partial charge in [-0.2, -0.15) is 0 Å². The van der Waals surface area contributed by atoms with Crippen molar-refractivity contribution in [2.24, 2.45) is 0 Å². The second-order valence-corrected chi connectivity index (χ2v) is 5.40. The highest BCUT2D eigenvalue weighted by molar-refractivity contribution is 5.28. The fourth-order valence-corrected chi connectivity index (χ4v) is 2.34. The summed E-state index contributed by atoms with van der Waals surface area (Å²) >= 11 is 0. The van der Waals surface area contributed by atoms with Crippen molar-refractivity contribution in [1.29, 1.82) is 0 Å². The summed E-state index contributed by atoms with van der Waals surface area (Å²) in [5.41, 5.74) is 3.92. The number of aromatic nitrogens is 2. The Kier molecular flexibility index (Phi) is 4.05. The Morgan fingerprint density at radius 1 is 1.21 bits per heavy atom. The molecule has 0 unspecified atom stereocenters. The van der Waals surface area contributed by atoms with E-state index in [1.165, 1.54) is 16.8 Å². The van der Waals surface area contributed by atoms with E-state index in [0.29, 0.717) is 0 Å². The molecule has 3 nitrogen and oxygen atoms in total. The Morgan fingerprint density at radius 3 is 2.53 bits per heavy atom. The SMILES string of the molecule is CCc1ccccc1Cn1cncc1C(C)(C)NC. The van der Waals surface area contributed by atoms with E-state index in [2.05, 4.69) is 59.9 Å². The predicted octanol–water partition coefficient (Wildman–Crippen LogP) is 2.95. The third kappa shape index (κ3) is 2.87. The molecule has 0 bridgehead atoms. The summed E-state index contributed by atoms with van der Waals surface area (Å²) in [6, 6.07) is 8.62. The fraction of sp³-hybridized carbons (Fsp3) is 0.438. The molecule has 2 rings (SSSR count). The van der Waals surface area contributed by atoms with Gasteiger partial charge in [0, 0.05) is 6.54 Å². The summed E-state index contributed by atoms with van der Waals surface area (Å²) in [6.07, 6.45) is 4.93. The van der Waals surface area contributed by atoms with Crippen LogP contribution >= 0.6 is 0 Å². The van der Waals surface area contributed by atoms with Gasteiger partial charge in [-0.15, -0.1) is 0 Å². The van der Waals surface area contributed by atoms with Crippen LogP contribution in [0, 0.1) is 0 Å². The Labute approximate surface area is 115 Å². The molecule has 0 aliphatic rings. The Morgan fingerprint density at radius 2 is 1.89 bits per heavy atom. The maximum atomic E-state index is 4.31. The monoisotopic (exact) mass is 257 g/mol. The van der Waals surface area contributed by atoms with Crippen molar-refractivity contribution in [3.63, 3.8) is 0 Å². The van der Waals surface area contributed by atoms with E-state index in [9.17, 15) is 0 Å². The molecule has 0 atom stereocenters. The quantitative estimate of drug-likeness (QED) is 0.892. The number of rotatable bonds is 5. The van der Waals surface area contributed by atoms with Crippen molar-refractivity contribution in [1.82, 2.24) is 14.9 Å². The molecule has 1 N–H and O–H groups in total. The first-order valence-corrected chi connectivity index (χ1v) is 6.84. The van der Waals surface area contributed by atoms with Crippen LogP contribution in [0.25, 0.3) is 0 Å². The van der Waals surface area contributed by atoms with Crippen LogP contribution < -0.4 is 5.32 Å². The van der Waals surface area contributed by atoms with E-state index in [-0.39, 0.29) is 5.54 Å². The highest BCUT2D eigenvalue weighted by Crippen LogP contribution is 2.21. The van der Waals surface area contributed by atoms with Gasteiger partial charge in [0.05, 0.1) is 23.8 Å². The summed E-state index contributed by atoms with van der Waals surface area (Å²) in [5.74, 6) is 0. The molecule has 102 valence electrons. The smallest absolute Gasteiger partial charge is 0.0951 e. The van der Waals surface area contributed by atoms with E-state index in [4.69, 9.17) is 0 Å². The molecular weight excluding hydrogens is 234 g/mol. The summed E-state index contributed by atoms with van der Waals surface area (Å²) < 4.78 is 2.23. The van der Waals surface area contributed by atoms with Gasteiger partial charge in [-0.25, -0.2) is 4.98 Å². The van der Waals surface area contributed by atoms with Crippen LogP contribution in [0.5, 0.6) is 0 Å². The third-order valence-corrected chi connectivity index (χ3v) is 3.82. The number of hydrogen-bond acceptors (Lipinski definition) is 2. The maximum absolute atomic E-state index is 4.31. The Hall–Kier alpha value is -1.61. The van der Waals surface area contributed by atoms with Gasteiger partial charge in [0.1, 0.15) is 0 Å². The summed E-state index contributed by atoms with van der Waals surface area (Å²) in [5, 5.41) is 3.34. The van der Waals surface area contributed by atoms with Crippen molar-refractivity contribution in [2.75, 3.05) is 7.05 Å². The average Bonchev–Trinajstić information content (AvgIpc) is 2.88. The largest absolute Gasteiger partial charge is 0.328 e. The van der Waals surface area contributed by atoms with Gasteiger partial charge in [0.15, 0.2) is 0 Å². The molecule has 0 spiro atoms. The molecule has 1 aromatic heterocycles. The lowest BCUT2D eigenvalue weighted by atomic mass is 10.0. The number of nitrogens with zero attached hydrogens (tertiary/aromatic N) is 2. The second kappa shape index (κ2) is 5.57. The van der Waals surface area contributed by atoms with Gasteiger partial charge in [-0.1, -0.05) is 31.2 Å². The van der Waals surface area contributed by atoms with Gasteiger partial charge in [-0.3, -0.25) is 0 Å². The third-order valence-electron chi connectivity index (χ3n) is 3.82. The van der Waals surface area contributed by atoms with Crippen LogP contribution in [0.1, 0.15) is 37.6 Å². The highest BCUT2D eigenvalue weighted by Gasteiger charge is 2.22. The molecular formula is C16H23N3. The first-order valence-electron chi connectivity index (χ1n) is 6.84. The minimum atomic E-state index is -0.0718. The minimum Gasteiger partial charge on any atom is -0.328 e. The first kappa shape index (κ1) is 13.8. The van der Waals surface area contributed by atoms with E-state index >= 15 is 0 Å². The highest BCUT2D eigenvalue weighted by atomic mass is 15.1. The van der Waals surface area contributed by atoms with Crippen molar-refractivity contribution in [3.8, 4) is 0 Å². The second-order valence-electron chi connectivity index (χ2n) is 5.40. The molecule has 0 aliphatic carbocycles. The minimum absolute atomic E-state index is 0.0718. The zero-order chi connectivity index (χ0) is 13.9. The Bertz CT molecular complexity index is 540. The molecule has 19 heavy (non-hydrogen) atoms. The lowest BCUT2D eigenvalue weighted by molar-refractivity contribution is 0.413. The number of benzene rings is 1. The lowest BCUT2D eigenvalue weighted by Gasteiger charge is -2.25. The summed E-state index contributed by atoms with van der Waals surface area (Å²) in [6.45, 7) is 7.42. The molecule has 0 aliphatic heterocycles. The fourth-order valence-electron chi connectivity index (χ4n) is 2.34. The topological polar surface area (TPSA) is 29.9 Å². The lowest BCUT2D eigenvalue weighted by Crippen LogP contribution is -2.35. The Balaban J connectivity index is 2.32. The molecule has 1 heterocycles. The number of nitrogens with one attached hydrogen (secondary N) is 1. The van der Waals surface area contributed by atoms with Crippen LogP contribution in [0.2, 0.25) is 0 Å². The normalized spacial score (nSPS) is 11.8. The van der Waals surface area contributed by atoms with Gasteiger partial charge in [0.2, 0.25) is 0 Å². The molecule has 2 aromatic rings. The van der Waals surface area contributed by atoms with Crippen LogP contribution in [-0.2, 0) is 18.5 Å². The van der Waals surface area contributed by atoms with Gasteiger partial charge in [0.25, 0.3) is 0 Å². The molecule has 3 heteroatoms. The van der Waals surface area contributed by atoms with Crippen molar-refractivity contribution in [2.45, 2.75) is 39.3 Å². The van der Waals surface area contributed by atoms with E-state index in [1.54, 1.807) is 0 Å². The molecule has 0 amide bonds. The molecule has 0 radical (unpaired) electrons. The average molecular weight is 257 g/mol. The predicted molar refractivity (Wildman–Crippen MR) is 79.2 cm³/mol. The first-order chi connectivity index (χ1) is 9.08. The summed E-state index contributed by atoms with van der Waals surface area (Å²) in [4.78, 5) is 4.31. The molecule has 1 aromatic carbocycles. The van der Waals surface area contributed by atoms with Gasteiger partial charge in [-0.05, 0) is 38.4 Å². The number of imidazole rings is 1. The van der Waals surface area contributed by atoms with Crippen molar-refractivity contribution >= 4 is 0 Å². The maximum Gasteiger partial charge on any atom is 0.0951 e. The van der Waals surface area contributed by atoms with Crippen LogP contribution in [-0.4, -0.2) is 16.6 Å². The number of aryl methyl sites for hydroxylation is 1. The van der Waals surface area contributed by atoms with Crippen molar-refractivity contribution < 1.29 is 0 Å². The zero-order valence-electron chi connectivity index (χ0n) is 12.3. The van der Waals surface area contributed by atoms with Gasteiger partial charge < -0.3 is 9.88 Å². The van der Waals surface area contributed by atoms with E-state index in [0.717, 1.165) is 13.0 Å². The van der Waals surface area contributed by atoms with E-state index in [1.807, 2.05) is 19.6 Å². The van der Waals surface area contributed by atoms with Crippen LogP contribution in [0.4, 0.5) is 0 Å². The standard InChI is InChI=1S/C16H23N3/c1-5-13-8-6-7-9-14(13)11-19-12-18-10-15(19)16(2,3)17-4/h6-10,12,17H,5,11H2,1-4H3. The van der Waals surface area contributed by atoms with E-state index < -0.39 is 0 Å². The van der Waals surface area contributed by atoms with Crippen LogP contribution in [0.15, 0.2) is 36.8 Å². The molecule has 0 saturated carbocycles. The number of hydrogen-bond donors (Lipinski definition) is 1. The summed E-state index contributed by atoms with van der Waals surface area (Å²) in [7, 11) is 1.98. The van der Waals surface area contributed by atoms with Crippen LogP contribution in [0.3, 0.4) is 0 Å². The zero-order valence-corrected chi connectivity index (χ0v) is 12.3. The molecule has 0 fully saturated rings. The molecule has 0 saturated heterocycles. The van der Waals surface area contributed by atoms with Crippen molar-refractivity contribution in [3.05, 3.63) is 53.6 Å².